The summed E-state index contributed by atoms with van der Waals surface area (Å²) in [5.74, 6) is -2.81. The molecular weight excluding hydrogens is 430 g/mol. The molecule has 9 N–H and O–H groups in total. The summed E-state index contributed by atoms with van der Waals surface area (Å²) in [7, 11) is 0. The van der Waals surface area contributed by atoms with Crippen LogP contribution in [0, 0.1) is 0 Å². The highest BCUT2D eigenvalue weighted by Gasteiger charge is 2.64. The lowest BCUT2D eigenvalue weighted by Crippen LogP contribution is -2.80. The summed E-state index contributed by atoms with van der Waals surface area (Å²) in [6.45, 7) is 0.448. The Balaban J connectivity index is 2.45. The Hall–Kier alpha value is -0.620. The second-order valence-corrected chi connectivity index (χ2v) is 9.36. The van der Waals surface area contributed by atoms with E-state index in [1.807, 2.05) is 0 Å². The Morgan fingerprint density at radius 2 is 1.42 bits per heavy atom. The lowest BCUT2D eigenvalue weighted by Gasteiger charge is -2.53. The third-order valence-corrected chi connectivity index (χ3v) is 6.72. The van der Waals surface area contributed by atoms with Crippen LogP contribution in [0.5, 0.6) is 0 Å². The van der Waals surface area contributed by atoms with Crippen molar-refractivity contribution in [2.45, 2.75) is 126 Å². The van der Waals surface area contributed by atoms with E-state index in [9.17, 15) is 35.7 Å². The molecule has 1 saturated heterocycles. The molecule has 0 aromatic heterocycles. The first-order chi connectivity index (χ1) is 15.7. The molecule has 1 heterocycles. The van der Waals surface area contributed by atoms with Gasteiger partial charge in [0.2, 0.25) is 5.79 Å². The van der Waals surface area contributed by atoms with Gasteiger partial charge in [0, 0.05) is 0 Å². The monoisotopic (exact) mass is 477 g/mol. The van der Waals surface area contributed by atoms with Gasteiger partial charge in [0.15, 0.2) is 0 Å². The van der Waals surface area contributed by atoms with Gasteiger partial charge >= 0.3 is 0 Å². The van der Waals surface area contributed by atoms with Crippen LogP contribution < -0.4 is 5.73 Å². The average Bonchev–Trinajstić information content (AvgIpc) is 2.82. The van der Waals surface area contributed by atoms with Crippen LogP contribution in [0.1, 0.15) is 84.0 Å². The van der Waals surface area contributed by atoms with Crippen LogP contribution >= 0.6 is 0 Å². The topological polar surface area (TPSA) is 177 Å². The summed E-state index contributed by atoms with van der Waals surface area (Å²) in [6.07, 6.45) is 8.30. The van der Waals surface area contributed by atoms with Crippen molar-refractivity contribution >= 4 is 0 Å². The number of hydrogen-bond acceptors (Lipinski definition) is 9. The van der Waals surface area contributed by atoms with Gasteiger partial charge in [-0.3, -0.25) is 0 Å². The number of aliphatic hydroxyl groups excluding tert-OH is 6. The van der Waals surface area contributed by atoms with E-state index < -0.39 is 55.1 Å². The fourth-order valence-corrected chi connectivity index (χ4v) is 4.28. The van der Waals surface area contributed by atoms with E-state index in [1.165, 1.54) is 57.4 Å². The Morgan fingerprint density at radius 3 is 1.91 bits per heavy atom. The molecule has 0 aromatic rings. The molecule has 33 heavy (non-hydrogen) atoms. The number of aliphatic hydroxyl groups is 7. The number of allylic oxidation sites excluding steroid dienone is 1. The molecule has 7 atom stereocenters. The molecule has 0 bridgehead atoms. The summed E-state index contributed by atoms with van der Waals surface area (Å²) in [5.41, 5.74) is 3.74. The number of rotatable bonds is 17. The van der Waals surface area contributed by atoms with Crippen LogP contribution in [0.2, 0.25) is 0 Å². The second kappa shape index (κ2) is 15.4. The maximum Gasteiger partial charge on any atom is 0.219 e. The average molecular weight is 478 g/mol. The standard InChI is InChI=1S/C24H47NO8/c1-2-3-4-5-6-7-8-9-10-11-12-13-14-15-19(28)23(25,17-27)24(32)22(31)21(30)20(29)18(16-26)33-24/h14-15,18-22,26-32H,2-13,16-17,25H2,1H3/b15-14+/t18-,19-,20-,21+,22-,23-,24?/m1/s1. The summed E-state index contributed by atoms with van der Waals surface area (Å²) >= 11 is 0. The van der Waals surface area contributed by atoms with Crippen molar-refractivity contribution in [2.75, 3.05) is 13.2 Å². The van der Waals surface area contributed by atoms with Gasteiger partial charge in [-0.15, -0.1) is 0 Å². The molecule has 0 aromatic carbocycles. The quantitative estimate of drug-likeness (QED) is 0.109. The highest BCUT2D eigenvalue weighted by atomic mass is 16.7. The summed E-state index contributed by atoms with van der Waals surface area (Å²) < 4.78 is 5.18. The molecule has 0 aliphatic carbocycles. The minimum absolute atomic E-state index is 0.665. The van der Waals surface area contributed by atoms with E-state index in [2.05, 4.69) is 6.92 Å². The zero-order valence-corrected chi connectivity index (χ0v) is 20.1. The van der Waals surface area contributed by atoms with Crippen LogP contribution in [0.4, 0.5) is 0 Å². The molecule has 0 spiro atoms. The lowest BCUT2D eigenvalue weighted by molar-refractivity contribution is -0.380. The molecule has 1 aliphatic rings. The Labute approximate surface area is 197 Å². The van der Waals surface area contributed by atoms with Gasteiger partial charge in [-0.2, -0.15) is 0 Å². The largest absolute Gasteiger partial charge is 0.394 e. The summed E-state index contributed by atoms with van der Waals surface area (Å²) in [5, 5.41) is 70.8. The molecule has 0 saturated carbocycles. The van der Waals surface area contributed by atoms with E-state index in [0.29, 0.717) is 6.42 Å². The molecule has 1 rings (SSSR count). The van der Waals surface area contributed by atoms with E-state index in [0.717, 1.165) is 19.3 Å². The van der Waals surface area contributed by atoms with Crippen molar-refractivity contribution in [3.8, 4) is 0 Å². The molecule has 1 unspecified atom stereocenters. The van der Waals surface area contributed by atoms with Crippen LogP contribution in [-0.2, 0) is 4.74 Å². The highest BCUT2D eigenvalue weighted by Crippen LogP contribution is 2.37. The van der Waals surface area contributed by atoms with Gasteiger partial charge in [0.1, 0.15) is 30.0 Å². The van der Waals surface area contributed by atoms with Crippen molar-refractivity contribution < 1.29 is 40.5 Å². The third kappa shape index (κ3) is 8.23. The number of hydrogen-bond donors (Lipinski definition) is 8. The Morgan fingerprint density at radius 1 is 0.909 bits per heavy atom. The van der Waals surface area contributed by atoms with Gasteiger partial charge in [0.05, 0.1) is 19.3 Å². The fourth-order valence-electron chi connectivity index (χ4n) is 4.28. The maximum absolute atomic E-state index is 10.9. The van der Waals surface area contributed by atoms with E-state index in [4.69, 9.17) is 10.5 Å². The zero-order valence-electron chi connectivity index (χ0n) is 20.1. The highest BCUT2D eigenvalue weighted by molar-refractivity contribution is 5.16. The van der Waals surface area contributed by atoms with Crippen molar-refractivity contribution in [1.29, 1.82) is 0 Å². The predicted molar refractivity (Wildman–Crippen MR) is 125 cm³/mol. The molecule has 1 fully saturated rings. The zero-order chi connectivity index (χ0) is 24.9. The summed E-state index contributed by atoms with van der Waals surface area (Å²) in [4.78, 5) is 0. The molecule has 0 radical (unpaired) electrons. The number of ether oxygens (including phenoxy) is 1. The van der Waals surface area contributed by atoms with E-state index in [1.54, 1.807) is 6.08 Å². The first-order valence-electron chi connectivity index (χ1n) is 12.5. The second-order valence-electron chi connectivity index (χ2n) is 9.36. The maximum atomic E-state index is 10.9. The van der Waals surface area contributed by atoms with Gasteiger partial charge in [-0.05, 0) is 12.8 Å². The SMILES string of the molecule is CCCCCCCCCCCCC/C=C/[C@@H](O)[C@](N)(CO)C1(O)O[C@H](CO)[C@@H](O)[C@H](O)[C@H]1O. The van der Waals surface area contributed by atoms with Gasteiger partial charge in [-0.1, -0.05) is 83.3 Å². The van der Waals surface area contributed by atoms with E-state index >= 15 is 0 Å². The molecule has 0 amide bonds. The van der Waals surface area contributed by atoms with Crippen molar-refractivity contribution in [3.05, 3.63) is 12.2 Å². The smallest absolute Gasteiger partial charge is 0.219 e. The Bertz CT molecular complexity index is 549. The van der Waals surface area contributed by atoms with Crippen LogP contribution in [0.25, 0.3) is 0 Å². The van der Waals surface area contributed by atoms with Gasteiger partial charge < -0.3 is 46.2 Å². The number of unbranched alkanes of at least 4 members (excludes halogenated alkanes) is 11. The van der Waals surface area contributed by atoms with Gasteiger partial charge in [0.25, 0.3) is 0 Å². The summed E-state index contributed by atoms with van der Waals surface area (Å²) in [6, 6.07) is 0. The van der Waals surface area contributed by atoms with Crippen molar-refractivity contribution in [2.24, 2.45) is 5.73 Å². The van der Waals surface area contributed by atoms with Crippen molar-refractivity contribution in [3.63, 3.8) is 0 Å². The first-order valence-corrected chi connectivity index (χ1v) is 12.5. The Kier molecular flexibility index (Phi) is 14.2. The van der Waals surface area contributed by atoms with Gasteiger partial charge in [-0.25, -0.2) is 0 Å². The van der Waals surface area contributed by atoms with Crippen molar-refractivity contribution in [1.82, 2.24) is 0 Å². The predicted octanol–water partition coefficient (Wildman–Crippen LogP) is 0.457. The molecule has 9 heteroatoms. The molecular formula is C24H47NO8. The lowest BCUT2D eigenvalue weighted by atomic mass is 9.76. The first kappa shape index (κ1) is 30.4. The van der Waals surface area contributed by atoms with Crippen LogP contribution in [0.3, 0.4) is 0 Å². The van der Waals surface area contributed by atoms with Crippen LogP contribution in [0.15, 0.2) is 12.2 Å². The molecule has 196 valence electrons. The molecule has 9 nitrogen and oxygen atoms in total. The van der Waals surface area contributed by atoms with E-state index in [-0.39, 0.29) is 0 Å². The molecule has 1 aliphatic heterocycles. The normalized spacial score (nSPS) is 31.1. The van der Waals surface area contributed by atoms with Crippen LogP contribution in [-0.4, -0.2) is 90.8 Å². The fraction of sp³-hybridized carbons (Fsp3) is 0.917. The minimum Gasteiger partial charge on any atom is -0.394 e. The third-order valence-electron chi connectivity index (χ3n) is 6.72. The number of nitrogens with two attached hydrogens (primary N) is 1. The minimum atomic E-state index is -2.81.